The Bertz CT molecular complexity index is 875. The van der Waals surface area contributed by atoms with Crippen molar-refractivity contribution in [3.05, 3.63) is 48.3 Å². The van der Waals surface area contributed by atoms with Gasteiger partial charge >= 0.3 is 0 Å². The van der Waals surface area contributed by atoms with Crippen LogP contribution >= 0.6 is 0 Å². The minimum absolute atomic E-state index is 0.0200. The van der Waals surface area contributed by atoms with Gasteiger partial charge < -0.3 is 19.9 Å². The van der Waals surface area contributed by atoms with Crippen LogP contribution in [0.25, 0.3) is 0 Å². The SMILES string of the molecule is CCC(NC(=O)C1CCCN(c2ncccn2)C1)c1ccccc1OCC(=O)N(C)C. The van der Waals surface area contributed by atoms with E-state index in [-0.39, 0.29) is 30.4 Å². The van der Waals surface area contributed by atoms with Crippen molar-refractivity contribution in [3.63, 3.8) is 0 Å². The van der Waals surface area contributed by atoms with Gasteiger partial charge in [-0.3, -0.25) is 9.59 Å². The molecule has 0 radical (unpaired) electrons. The van der Waals surface area contributed by atoms with Gasteiger partial charge in [-0.1, -0.05) is 25.1 Å². The van der Waals surface area contributed by atoms with Crippen LogP contribution in [0.1, 0.15) is 37.8 Å². The van der Waals surface area contributed by atoms with Gasteiger partial charge in [0.1, 0.15) is 5.75 Å². The molecule has 1 aliphatic heterocycles. The van der Waals surface area contributed by atoms with E-state index in [2.05, 4.69) is 20.2 Å². The molecule has 31 heavy (non-hydrogen) atoms. The highest BCUT2D eigenvalue weighted by atomic mass is 16.5. The molecule has 0 spiro atoms. The van der Waals surface area contributed by atoms with Crippen LogP contribution in [0.3, 0.4) is 0 Å². The summed E-state index contributed by atoms with van der Waals surface area (Å²) in [6.45, 7) is 3.43. The first-order chi connectivity index (χ1) is 15.0. The molecular weight excluding hydrogens is 394 g/mol. The van der Waals surface area contributed by atoms with E-state index in [1.54, 1.807) is 32.6 Å². The molecule has 2 unspecified atom stereocenters. The number of nitrogens with zero attached hydrogens (tertiary/aromatic N) is 4. The Morgan fingerprint density at radius 3 is 2.68 bits per heavy atom. The second-order valence-electron chi connectivity index (χ2n) is 7.92. The van der Waals surface area contributed by atoms with Crippen molar-refractivity contribution in [1.29, 1.82) is 0 Å². The summed E-state index contributed by atoms with van der Waals surface area (Å²) >= 11 is 0. The van der Waals surface area contributed by atoms with Crippen LogP contribution in [0.4, 0.5) is 5.95 Å². The third kappa shape index (κ3) is 5.93. The van der Waals surface area contributed by atoms with E-state index in [4.69, 9.17) is 4.74 Å². The van der Waals surface area contributed by atoms with E-state index in [0.29, 0.717) is 24.7 Å². The van der Waals surface area contributed by atoms with Crippen LogP contribution in [0.5, 0.6) is 5.75 Å². The van der Waals surface area contributed by atoms with E-state index in [9.17, 15) is 9.59 Å². The maximum Gasteiger partial charge on any atom is 0.259 e. The number of likely N-dealkylation sites (N-methyl/N-ethyl adjacent to an activating group) is 1. The standard InChI is InChI=1S/C23H31N5O3/c1-4-19(18-10-5-6-11-20(18)31-16-21(29)27(2)3)26-22(30)17-9-7-14-28(15-17)23-24-12-8-13-25-23/h5-6,8,10-13,17,19H,4,7,9,14-16H2,1-3H3,(H,26,30). The molecule has 2 aromatic rings. The average molecular weight is 426 g/mol. The van der Waals surface area contributed by atoms with Crippen molar-refractivity contribution in [2.45, 2.75) is 32.2 Å². The number of hydrogen-bond acceptors (Lipinski definition) is 6. The number of hydrogen-bond donors (Lipinski definition) is 1. The number of piperidine rings is 1. The molecule has 0 aliphatic carbocycles. The number of nitrogens with one attached hydrogen (secondary N) is 1. The van der Waals surface area contributed by atoms with E-state index in [1.807, 2.05) is 31.2 Å². The third-order valence-electron chi connectivity index (χ3n) is 5.50. The largest absolute Gasteiger partial charge is 0.483 e. The van der Waals surface area contributed by atoms with Gasteiger partial charge in [0.25, 0.3) is 5.91 Å². The maximum absolute atomic E-state index is 13.1. The molecule has 2 atom stereocenters. The monoisotopic (exact) mass is 425 g/mol. The number of anilines is 1. The predicted octanol–water partition coefficient (Wildman–Crippen LogP) is 2.43. The lowest BCUT2D eigenvalue weighted by atomic mass is 9.95. The molecule has 166 valence electrons. The maximum atomic E-state index is 13.1. The van der Waals surface area contributed by atoms with Crippen molar-refractivity contribution < 1.29 is 14.3 Å². The van der Waals surface area contributed by atoms with Gasteiger partial charge in [0, 0.05) is 45.1 Å². The summed E-state index contributed by atoms with van der Waals surface area (Å²) < 4.78 is 5.78. The molecule has 1 fully saturated rings. The number of amides is 2. The average Bonchev–Trinajstić information content (AvgIpc) is 2.81. The van der Waals surface area contributed by atoms with Gasteiger partial charge in [-0.25, -0.2) is 9.97 Å². The zero-order chi connectivity index (χ0) is 22.2. The van der Waals surface area contributed by atoms with E-state index >= 15 is 0 Å². The Morgan fingerprint density at radius 1 is 1.23 bits per heavy atom. The molecule has 0 bridgehead atoms. The Kier molecular flexibility index (Phi) is 7.81. The Balaban J connectivity index is 1.67. The Hall–Kier alpha value is -3.16. The smallest absolute Gasteiger partial charge is 0.259 e. The lowest BCUT2D eigenvalue weighted by Gasteiger charge is -2.33. The second-order valence-corrected chi connectivity index (χ2v) is 7.92. The lowest BCUT2D eigenvalue weighted by Crippen LogP contribution is -2.44. The lowest BCUT2D eigenvalue weighted by molar-refractivity contribution is -0.131. The molecule has 1 saturated heterocycles. The fraction of sp³-hybridized carbons (Fsp3) is 0.478. The van der Waals surface area contributed by atoms with Gasteiger partial charge in [-0.15, -0.1) is 0 Å². The van der Waals surface area contributed by atoms with Gasteiger partial charge in [0.05, 0.1) is 12.0 Å². The van der Waals surface area contributed by atoms with Gasteiger partial charge in [-0.05, 0) is 31.4 Å². The van der Waals surface area contributed by atoms with Crippen LogP contribution in [0.2, 0.25) is 0 Å². The zero-order valence-corrected chi connectivity index (χ0v) is 18.5. The van der Waals surface area contributed by atoms with Crippen LogP contribution in [-0.4, -0.2) is 60.5 Å². The molecule has 2 heterocycles. The quantitative estimate of drug-likeness (QED) is 0.699. The van der Waals surface area contributed by atoms with Crippen LogP contribution < -0.4 is 15.0 Å². The van der Waals surface area contributed by atoms with Gasteiger partial charge in [-0.2, -0.15) is 0 Å². The van der Waals surface area contributed by atoms with Crippen molar-refractivity contribution in [3.8, 4) is 5.75 Å². The summed E-state index contributed by atoms with van der Waals surface area (Å²) in [6.07, 6.45) is 5.90. The fourth-order valence-corrected chi connectivity index (χ4v) is 3.69. The first-order valence-corrected chi connectivity index (χ1v) is 10.7. The molecule has 0 saturated carbocycles. The summed E-state index contributed by atoms with van der Waals surface area (Å²) in [5.41, 5.74) is 0.879. The van der Waals surface area contributed by atoms with Crippen molar-refractivity contribution in [1.82, 2.24) is 20.2 Å². The number of rotatable bonds is 8. The molecule has 2 amide bonds. The first-order valence-electron chi connectivity index (χ1n) is 10.7. The molecule has 1 aromatic heterocycles. The number of ether oxygens (including phenoxy) is 1. The predicted molar refractivity (Wildman–Crippen MR) is 119 cm³/mol. The van der Waals surface area contributed by atoms with Crippen molar-refractivity contribution >= 4 is 17.8 Å². The Morgan fingerprint density at radius 2 is 1.97 bits per heavy atom. The number of benzene rings is 1. The molecule has 1 aromatic carbocycles. The summed E-state index contributed by atoms with van der Waals surface area (Å²) in [7, 11) is 3.39. The number of para-hydroxylation sites is 1. The molecule has 1 aliphatic rings. The topological polar surface area (TPSA) is 87.7 Å². The van der Waals surface area contributed by atoms with Crippen LogP contribution in [-0.2, 0) is 9.59 Å². The highest BCUT2D eigenvalue weighted by molar-refractivity contribution is 5.80. The number of aromatic nitrogens is 2. The molecule has 8 nitrogen and oxygen atoms in total. The molecule has 3 rings (SSSR count). The van der Waals surface area contributed by atoms with E-state index in [1.165, 1.54) is 4.90 Å². The molecular formula is C23H31N5O3. The van der Waals surface area contributed by atoms with Gasteiger partial charge in [0.2, 0.25) is 11.9 Å². The minimum Gasteiger partial charge on any atom is -0.483 e. The minimum atomic E-state index is -0.193. The fourth-order valence-electron chi connectivity index (χ4n) is 3.69. The normalized spacial score (nSPS) is 17.0. The van der Waals surface area contributed by atoms with E-state index < -0.39 is 0 Å². The summed E-state index contributed by atoms with van der Waals surface area (Å²) in [6, 6.07) is 9.15. The molecule has 1 N–H and O–H groups in total. The highest BCUT2D eigenvalue weighted by Gasteiger charge is 2.29. The van der Waals surface area contributed by atoms with E-state index in [0.717, 1.165) is 24.9 Å². The molecule has 8 heteroatoms. The number of carbonyl (C=O) groups is 2. The Labute approximate surface area is 183 Å². The third-order valence-corrected chi connectivity index (χ3v) is 5.50. The van der Waals surface area contributed by atoms with Crippen LogP contribution in [0.15, 0.2) is 42.7 Å². The van der Waals surface area contributed by atoms with Crippen molar-refractivity contribution in [2.75, 3.05) is 38.7 Å². The summed E-state index contributed by atoms with van der Waals surface area (Å²) in [5, 5.41) is 3.19. The number of carbonyl (C=O) groups excluding carboxylic acids is 2. The first kappa shape index (κ1) is 22.5. The summed E-state index contributed by atoms with van der Waals surface area (Å²) in [4.78, 5) is 37.2. The highest BCUT2D eigenvalue weighted by Crippen LogP contribution is 2.28. The van der Waals surface area contributed by atoms with Crippen LogP contribution in [0, 0.1) is 5.92 Å². The summed E-state index contributed by atoms with van der Waals surface area (Å²) in [5.74, 6) is 1.06. The zero-order valence-electron chi connectivity index (χ0n) is 18.5. The van der Waals surface area contributed by atoms with Crippen molar-refractivity contribution in [2.24, 2.45) is 5.92 Å². The second kappa shape index (κ2) is 10.7. The van der Waals surface area contributed by atoms with Gasteiger partial charge in [0.15, 0.2) is 6.61 Å².